The maximum atomic E-state index is 13.4. The SMILES string of the molecule is Cc1ccc(CC(=O)N(Cc2ccccc2)Cc2nc(C)ncc2-c2ccncc2)cc1. The van der Waals surface area contributed by atoms with E-state index >= 15 is 0 Å². The second-order valence-corrected chi connectivity index (χ2v) is 7.91. The van der Waals surface area contributed by atoms with Crippen LogP contribution >= 0.6 is 0 Å². The van der Waals surface area contributed by atoms with E-state index in [1.807, 2.05) is 91.7 Å². The summed E-state index contributed by atoms with van der Waals surface area (Å²) in [6, 6.07) is 22.1. The van der Waals surface area contributed by atoms with Crippen LogP contribution in [0.4, 0.5) is 0 Å². The summed E-state index contributed by atoms with van der Waals surface area (Å²) in [4.78, 5) is 28.5. The summed E-state index contributed by atoms with van der Waals surface area (Å²) >= 11 is 0. The molecule has 5 heteroatoms. The van der Waals surface area contributed by atoms with E-state index in [-0.39, 0.29) is 5.91 Å². The molecular weight excluding hydrogens is 396 g/mol. The van der Waals surface area contributed by atoms with E-state index < -0.39 is 0 Å². The van der Waals surface area contributed by atoms with Crippen LogP contribution in [0.15, 0.2) is 85.3 Å². The molecule has 0 bridgehead atoms. The van der Waals surface area contributed by atoms with Gasteiger partial charge in [0.05, 0.1) is 18.7 Å². The topological polar surface area (TPSA) is 59.0 Å². The fraction of sp³-hybridized carbons (Fsp3) is 0.185. The molecule has 0 unspecified atom stereocenters. The van der Waals surface area contributed by atoms with Gasteiger partial charge in [-0.05, 0) is 42.7 Å². The largest absolute Gasteiger partial charge is 0.332 e. The Morgan fingerprint density at radius 3 is 2.28 bits per heavy atom. The third-order valence-corrected chi connectivity index (χ3v) is 5.37. The Morgan fingerprint density at radius 1 is 0.844 bits per heavy atom. The van der Waals surface area contributed by atoms with Gasteiger partial charge in [0.2, 0.25) is 5.91 Å². The van der Waals surface area contributed by atoms with Crippen LogP contribution in [0.5, 0.6) is 0 Å². The predicted octanol–water partition coefficient (Wildman–Crippen LogP) is 4.93. The van der Waals surface area contributed by atoms with Crippen LogP contribution in [0.1, 0.15) is 28.2 Å². The second-order valence-electron chi connectivity index (χ2n) is 7.91. The molecule has 0 saturated heterocycles. The standard InChI is InChI=1S/C27H26N4O/c1-20-8-10-22(11-9-20)16-27(32)31(18-23-6-4-3-5-7-23)19-26-25(17-29-21(2)30-26)24-12-14-28-15-13-24/h3-15,17H,16,18-19H2,1-2H3. The molecule has 0 saturated carbocycles. The zero-order valence-electron chi connectivity index (χ0n) is 18.4. The molecule has 0 radical (unpaired) electrons. The molecule has 1 amide bonds. The fourth-order valence-corrected chi connectivity index (χ4v) is 3.62. The van der Waals surface area contributed by atoms with Gasteiger partial charge < -0.3 is 4.90 Å². The predicted molar refractivity (Wildman–Crippen MR) is 126 cm³/mol. The van der Waals surface area contributed by atoms with Crippen molar-refractivity contribution in [2.75, 3.05) is 0 Å². The fourth-order valence-electron chi connectivity index (χ4n) is 3.62. The summed E-state index contributed by atoms with van der Waals surface area (Å²) in [5.74, 6) is 0.748. The minimum absolute atomic E-state index is 0.0645. The lowest BCUT2D eigenvalue weighted by molar-refractivity contribution is -0.131. The lowest BCUT2D eigenvalue weighted by atomic mass is 10.1. The average molecular weight is 423 g/mol. The Balaban J connectivity index is 1.65. The summed E-state index contributed by atoms with van der Waals surface area (Å²) in [5.41, 5.74) is 6.01. The first kappa shape index (κ1) is 21.4. The van der Waals surface area contributed by atoms with Crippen molar-refractivity contribution < 1.29 is 4.79 Å². The molecule has 2 heterocycles. The lowest BCUT2D eigenvalue weighted by Gasteiger charge is -2.24. The van der Waals surface area contributed by atoms with Crippen molar-refractivity contribution in [2.45, 2.75) is 33.4 Å². The van der Waals surface area contributed by atoms with Crippen LogP contribution in [-0.4, -0.2) is 25.8 Å². The Bertz CT molecular complexity index is 1180. The highest BCUT2D eigenvalue weighted by molar-refractivity contribution is 5.79. The van der Waals surface area contributed by atoms with Gasteiger partial charge in [0.15, 0.2) is 0 Å². The molecule has 2 aromatic carbocycles. The van der Waals surface area contributed by atoms with Crippen molar-refractivity contribution in [1.82, 2.24) is 19.9 Å². The van der Waals surface area contributed by atoms with E-state index in [9.17, 15) is 4.79 Å². The number of nitrogens with zero attached hydrogens (tertiary/aromatic N) is 4. The molecule has 2 aromatic heterocycles. The van der Waals surface area contributed by atoms with Crippen molar-refractivity contribution in [3.8, 4) is 11.1 Å². The third-order valence-electron chi connectivity index (χ3n) is 5.37. The van der Waals surface area contributed by atoms with Gasteiger partial charge in [-0.25, -0.2) is 9.97 Å². The number of hydrogen-bond acceptors (Lipinski definition) is 4. The number of amides is 1. The van der Waals surface area contributed by atoms with Gasteiger partial charge >= 0.3 is 0 Å². The second kappa shape index (κ2) is 9.96. The molecule has 0 aliphatic carbocycles. The van der Waals surface area contributed by atoms with Gasteiger partial charge in [-0.2, -0.15) is 0 Å². The van der Waals surface area contributed by atoms with Crippen molar-refractivity contribution in [3.63, 3.8) is 0 Å². The minimum atomic E-state index is 0.0645. The molecular formula is C27H26N4O. The summed E-state index contributed by atoms with van der Waals surface area (Å²) in [6.45, 7) is 4.84. The lowest BCUT2D eigenvalue weighted by Crippen LogP contribution is -2.32. The smallest absolute Gasteiger partial charge is 0.227 e. The number of benzene rings is 2. The maximum Gasteiger partial charge on any atom is 0.227 e. The van der Waals surface area contributed by atoms with Gasteiger partial charge in [0.25, 0.3) is 0 Å². The minimum Gasteiger partial charge on any atom is -0.332 e. The van der Waals surface area contributed by atoms with Crippen LogP contribution in [0.3, 0.4) is 0 Å². The molecule has 32 heavy (non-hydrogen) atoms. The molecule has 0 fully saturated rings. The molecule has 0 atom stereocenters. The van der Waals surface area contributed by atoms with Gasteiger partial charge in [-0.1, -0.05) is 60.2 Å². The average Bonchev–Trinajstić information content (AvgIpc) is 2.81. The highest BCUT2D eigenvalue weighted by Gasteiger charge is 2.19. The number of rotatable bonds is 7. The molecule has 0 N–H and O–H groups in total. The molecule has 4 rings (SSSR count). The number of carbonyl (C=O) groups excluding carboxylic acids is 1. The number of pyridine rings is 1. The monoisotopic (exact) mass is 422 g/mol. The third kappa shape index (κ3) is 5.43. The molecule has 0 aliphatic rings. The van der Waals surface area contributed by atoms with E-state index in [0.717, 1.165) is 27.9 Å². The number of carbonyl (C=O) groups is 1. The van der Waals surface area contributed by atoms with E-state index in [4.69, 9.17) is 4.98 Å². The number of hydrogen-bond donors (Lipinski definition) is 0. The van der Waals surface area contributed by atoms with Crippen LogP contribution in [-0.2, 0) is 24.3 Å². The highest BCUT2D eigenvalue weighted by Crippen LogP contribution is 2.23. The van der Waals surface area contributed by atoms with Crippen LogP contribution in [0.2, 0.25) is 0 Å². The highest BCUT2D eigenvalue weighted by atomic mass is 16.2. The van der Waals surface area contributed by atoms with Gasteiger partial charge in [0.1, 0.15) is 5.82 Å². The van der Waals surface area contributed by atoms with Crippen molar-refractivity contribution >= 4 is 5.91 Å². The summed E-state index contributed by atoms with van der Waals surface area (Å²) in [7, 11) is 0. The van der Waals surface area contributed by atoms with Gasteiger partial charge in [-0.15, -0.1) is 0 Å². The van der Waals surface area contributed by atoms with E-state index in [1.165, 1.54) is 5.56 Å². The molecule has 4 aromatic rings. The van der Waals surface area contributed by atoms with E-state index in [0.29, 0.717) is 25.3 Å². The van der Waals surface area contributed by atoms with Crippen LogP contribution < -0.4 is 0 Å². The summed E-state index contributed by atoms with van der Waals surface area (Å²) < 4.78 is 0. The Morgan fingerprint density at radius 2 is 1.56 bits per heavy atom. The normalized spacial score (nSPS) is 10.7. The van der Waals surface area contributed by atoms with E-state index in [1.54, 1.807) is 12.4 Å². The van der Waals surface area contributed by atoms with Gasteiger partial charge in [-0.3, -0.25) is 9.78 Å². The van der Waals surface area contributed by atoms with Crippen molar-refractivity contribution in [1.29, 1.82) is 0 Å². The summed E-state index contributed by atoms with van der Waals surface area (Å²) in [5, 5.41) is 0. The quantitative estimate of drug-likeness (QED) is 0.424. The Kier molecular flexibility index (Phi) is 6.66. The summed E-state index contributed by atoms with van der Waals surface area (Å²) in [6.07, 6.45) is 5.69. The molecule has 0 aliphatic heterocycles. The van der Waals surface area contributed by atoms with Crippen molar-refractivity contribution in [2.24, 2.45) is 0 Å². The molecule has 160 valence electrons. The molecule has 5 nitrogen and oxygen atoms in total. The maximum absolute atomic E-state index is 13.4. The van der Waals surface area contributed by atoms with E-state index in [2.05, 4.69) is 9.97 Å². The Hall–Kier alpha value is -3.86. The first-order valence-corrected chi connectivity index (χ1v) is 10.7. The first-order chi connectivity index (χ1) is 15.6. The zero-order chi connectivity index (χ0) is 22.3. The van der Waals surface area contributed by atoms with Crippen LogP contribution in [0.25, 0.3) is 11.1 Å². The molecule has 0 spiro atoms. The number of aromatic nitrogens is 3. The van der Waals surface area contributed by atoms with Crippen LogP contribution in [0, 0.1) is 13.8 Å². The van der Waals surface area contributed by atoms with Gasteiger partial charge in [0, 0.05) is 30.7 Å². The zero-order valence-corrected chi connectivity index (χ0v) is 18.4. The first-order valence-electron chi connectivity index (χ1n) is 10.7. The Labute approximate surface area is 188 Å². The number of aryl methyl sites for hydroxylation is 2. The van der Waals surface area contributed by atoms with Crippen molar-refractivity contribution in [3.05, 3.63) is 114 Å².